The second-order valence-electron chi connectivity index (χ2n) is 24.0. The van der Waals surface area contributed by atoms with E-state index < -0.39 is 91.5 Å². The van der Waals surface area contributed by atoms with Gasteiger partial charge in [-0.3, -0.25) is 32.5 Å². The molecule has 5 unspecified atom stereocenters. The fourth-order valence-electron chi connectivity index (χ4n) is 9.51. The third-order valence-electron chi connectivity index (χ3n) is 15.1. The van der Waals surface area contributed by atoms with Gasteiger partial charge in [0.15, 0.2) is 6.10 Å². The molecule has 0 saturated carbocycles. The molecule has 0 rings (SSSR count). The number of carbonyl (C=O) groups is 3. The molecule has 0 saturated heterocycles. The van der Waals surface area contributed by atoms with Crippen LogP contribution in [0.25, 0.3) is 0 Å². The van der Waals surface area contributed by atoms with Crippen LogP contribution in [0.1, 0.15) is 303 Å². The Labute approximate surface area is 553 Å². The average Bonchev–Trinajstić information content (AvgIpc) is 3.65. The van der Waals surface area contributed by atoms with Gasteiger partial charge < -0.3 is 34.2 Å². The van der Waals surface area contributed by atoms with Gasteiger partial charge >= 0.3 is 33.6 Å². The SMILES string of the molecule is CCCC/C=C\CCCCCCCC(=O)OC(COC(=O)CCCCCCC/C=C\C/C=C\CCCCC)COP(=O)(O)OCC(O)COP(=O)(O)OCC(O)COC(=O)CCCCCCCCCCCCCCC/C=C\C/C=C\C/C=C\C/C=C\CCCCC. The van der Waals surface area contributed by atoms with Crippen molar-refractivity contribution in [2.75, 3.05) is 39.6 Å². The van der Waals surface area contributed by atoms with Gasteiger partial charge in [0.25, 0.3) is 0 Å². The topological polar surface area (TPSA) is 231 Å². The first kappa shape index (κ1) is 87.7. The number of aliphatic hydroxyl groups excluding tert-OH is 2. The van der Waals surface area contributed by atoms with E-state index in [4.69, 9.17) is 32.3 Å². The van der Waals surface area contributed by atoms with Gasteiger partial charge in [-0.25, -0.2) is 9.13 Å². The summed E-state index contributed by atoms with van der Waals surface area (Å²) in [6, 6.07) is 0. The Kier molecular flexibility index (Phi) is 64.3. The molecule has 0 aromatic carbocycles. The lowest BCUT2D eigenvalue weighted by molar-refractivity contribution is -0.161. The van der Waals surface area contributed by atoms with E-state index in [1.165, 1.54) is 116 Å². The average molecular weight is 1330 g/mol. The van der Waals surface area contributed by atoms with E-state index >= 15 is 0 Å². The molecule has 0 aromatic heterocycles. The number of phosphoric acid groups is 2. The van der Waals surface area contributed by atoms with E-state index in [1.54, 1.807) is 0 Å². The van der Waals surface area contributed by atoms with Crippen LogP contribution in [0.3, 0.4) is 0 Å². The van der Waals surface area contributed by atoms with Crippen molar-refractivity contribution < 1.29 is 75.8 Å². The molecular weight excluding hydrogens is 1190 g/mol. The first-order valence-corrected chi connectivity index (χ1v) is 38.9. The Morgan fingerprint density at radius 2 is 0.560 bits per heavy atom. The van der Waals surface area contributed by atoms with E-state index in [-0.39, 0.29) is 19.3 Å². The molecule has 0 fully saturated rings. The predicted octanol–water partition coefficient (Wildman–Crippen LogP) is 20.1. The fraction of sp³-hybridized carbons (Fsp3) is 0.767. The molecule has 0 aliphatic rings. The number of hydrogen-bond acceptors (Lipinski definition) is 14. The lowest BCUT2D eigenvalue weighted by Crippen LogP contribution is -2.30. The summed E-state index contributed by atoms with van der Waals surface area (Å²) in [5.41, 5.74) is 0. The van der Waals surface area contributed by atoms with Crippen LogP contribution in [0.15, 0.2) is 85.1 Å². The second-order valence-corrected chi connectivity index (χ2v) is 26.9. The van der Waals surface area contributed by atoms with Gasteiger partial charge in [-0.2, -0.15) is 0 Å². The van der Waals surface area contributed by atoms with E-state index in [9.17, 15) is 43.5 Å². The zero-order valence-electron chi connectivity index (χ0n) is 57.3. The number of hydrogen-bond donors (Lipinski definition) is 4. The van der Waals surface area contributed by atoms with Gasteiger partial charge in [0.05, 0.1) is 26.4 Å². The molecule has 0 aromatic rings. The summed E-state index contributed by atoms with van der Waals surface area (Å²) in [5, 5.41) is 20.6. The second kappa shape index (κ2) is 66.7. The van der Waals surface area contributed by atoms with Crippen LogP contribution in [0.5, 0.6) is 0 Å². The molecule has 18 heteroatoms. The summed E-state index contributed by atoms with van der Waals surface area (Å²) < 4.78 is 60.8. The van der Waals surface area contributed by atoms with Crippen molar-refractivity contribution >= 4 is 33.6 Å². The molecule has 0 heterocycles. The molecule has 0 aliphatic heterocycles. The number of rotatable bonds is 68. The highest BCUT2D eigenvalue weighted by Gasteiger charge is 2.29. The Bertz CT molecular complexity index is 2000. The maximum absolute atomic E-state index is 12.8. The first-order chi connectivity index (χ1) is 44.2. The number of carbonyl (C=O) groups excluding carboxylic acids is 3. The van der Waals surface area contributed by atoms with Crippen LogP contribution < -0.4 is 0 Å². The van der Waals surface area contributed by atoms with Gasteiger partial charge in [-0.1, -0.05) is 254 Å². The lowest BCUT2D eigenvalue weighted by Gasteiger charge is -2.21. The van der Waals surface area contributed by atoms with Gasteiger partial charge in [-0.15, -0.1) is 0 Å². The molecule has 91 heavy (non-hydrogen) atoms. The van der Waals surface area contributed by atoms with Gasteiger partial charge in [0.2, 0.25) is 0 Å². The summed E-state index contributed by atoms with van der Waals surface area (Å²) in [6.45, 7) is 2.56. The minimum absolute atomic E-state index is 0.0921. The maximum atomic E-state index is 12.8. The van der Waals surface area contributed by atoms with E-state index in [0.29, 0.717) is 19.3 Å². The highest BCUT2D eigenvalue weighted by molar-refractivity contribution is 7.47. The third kappa shape index (κ3) is 67.9. The van der Waals surface area contributed by atoms with Crippen LogP contribution in [0, 0.1) is 0 Å². The van der Waals surface area contributed by atoms with E-state index in [1.807, 2.05) is 0 Å². The van der Waals surface area contributed by atoms with Crippen molar-refractivity contribution in [3.63, 3.8) is 0 Å². The normalized spacial score (nSPS) is 14.7. The molecule has 5 atom stereocenters. The van der Waals surface area contributed by atoms with Crippen LogP contribution in [0.2, 0.25) is 0 Å². The fourth-order valence-corrected chi connectivity index (χ4v) is 11.1. The van der Waals surface area contributed by atoms with Crippen molar-refractivity contribution in [2.24, 2.45) is 0 Å². The minimum Gasteiger partial charge on any atom is -0.463 e. The smallest absolute Gasteiger partial charge is 0.463 e. The highest BCUT2D eigenvalue weighted by atomic mass is 31.2. The van der Waals surface area contributed by atoms with Crippen molar-refractivity contribution in [3.05, 3.63) is 85.1 Å². The maximum Gasteiger partial charge on any atom is 0.472 e. The molecule has 528 valence electrons. The monoisotopic (exact) mass is 1320 g/mol. The van der Waals surface area contributed by atoms with Gasteiger partial charge in [-0.05, 0) is 116 Å². The third-order valence-corrected chi connectivity index (χ3v) is 17.0. The van der Waals surface area contributed by atoms with Crippen LogP contribution in [-0.4, -0.2) is 95.9 Å². The Hall–Kier alpha value is -3.27. The summed E-state index contributed by atoms with van der Waals surface area (Å²) >= 11 is 0. The van der Waals surface area contributed by atoms with Gasteiger partial charge in [0, 0.05) is 19.3 Å². The molecule has 0 spiro atoms. The summed E-state index contributed by atoms with van der Waals surface area (Å²) in [4.78, 5) is 58.3. The Balaban J connectivity index is 4.40. The number of unbranched alkanes of at least 4 members (excludes halogenated alkanes) is 31. The minimum atomic E-state index is -4.92. The molecule has 4 N–H and O–H groups in total. The number of phosphoric ester groups is 2. The van der Waals surface area contributed by atoms with Crippen molar-refractivity contribution in [2.45, 2.75) is 322 Å². The first-order valence-electron chi connectivity index (χ1n) is 35.9. The number of ether oxygens (including phenoxy) is 3. The Morgan fingerprint density at radius 3 is 0.912 bits per heavy atom. The van der Waals surface area contributed by atoms with E-state index in [2.05, 4.69) is 106 Å². The quantitative estimate of drug-likeness (QED) is 0.0146. The van der Waals surface area contributed by atoms with Crippen molar-refractivity contribution in [1.82, 2.24) is 0 Å². The highest BCUT2D eigenvalue weighted by Crippen LogP contribution is 2.45. The zero-order valence-corrected chi connectivity index (χ0v) is 59.0. The van der Waals surface area contributed by atoms with E-state index in [0.717, 1.165) is 128 Å². The van der Waals surface area contributed by atoms with Crippen LogP contribution >= 0.6 is 15.6 Å². The standard InChI is InChI=1S/C73H130O16P2/c1-4-7-10-13-16-19-22-24-26-27-28-29-30-31-32-33-34-35-36-37-38-39-41-43-45-47-50-53-56-59-71(76)83-62-68(74)63-85-90(79,80)86-64-69(75)65-87-91(81,82)88-67-70(89-73(78)61-58-55-52-49-44-21-18-15-12-9-6-3)66-84-72(77)60-57-54-51-48-46-42-40-25-23-20-17-14-11-8-5-2/h15-20,24-26,28-29,31-32,40,68-70,74-75H,4-14,21-23,27,30,33-39,41-67H2,1-3H3,(H,79,80)(H,81,82)/b18-15-,19-16-,20-17-,26-24-,29-28-,32-31-,40-25-. The molecular formula is C73H130O16P2. The lowest BCUT2D eigenvalue weighted by atomic mass is 10.0. The number of esters is 3. The van der Waals surface area contributed by atoms with Gasteiger partial charge in [0.1, 0.15) is 25.4 Å². The number of allylic oxidation sites excluding steroid dienone is 14. The van der Waals surface area contributed by atoms with Crippen LogP contribution in [0.4, 0.5) is 0 Å². The molecule has 0 bridgehead atoms. The molecule has 0 amide bonds. The summed E-state index contributed by atoms with van der Waals surface area (Å²) in [6.07, 6.45) is 72.3. The number of aliphatic hydroxyl groups is 2. The largest absolute Gasteiger partial charge is 0.472 e. The molecule has 16 nitrogen and oxygen atoms in total. The van der Waals surface area contributed by atoms with Crippen molar-refractivity contribution in [3.8, 4) is 0 Å². The van der Waals surface area contributed by atoms with Crippen molar-refractivity contribution in [1.29, 1.82) is 0 Å². The summed E-state index contributed by atoms with van der Waals surface area (Å²) in [5.74, 6) is -1.60. The predicted molar refractivity (Wildman–Crippen MR) is 371 cm³/mol. The Morgan fingerprint density at radius 1 is 0.308 bits per heavy atom. The zero-order chi connectivity index (χ0) is 66.7. The van der Waals surface area contributed by atoms with Crippen LogP contribution in [-0.2, 0) is 55.8 Å². The summed E-state index contributed by atoms with van der Waals surface area (Å²) in [7, 11) is -9.77. The molecule has 0 aliphatic carbocycles. The molecule has 0 radical (unpaired) electrons.